The fourth-order valence-corrected chi connectivity index (χ4v) is 5.88. The van der Waals surface area contributed by atoms with E-state index in [0.717, 1.165) is 19.6 Å². The first kappa shape index (κ1) is 27.7. The van der Waals surface area contributed by atoms with Crippen LogP contribution in [-0.2, 0) is 0 Å². The monoisotopic (exact) mass is 578 g/mol. The minimum Gasteiger partial charge on any atom is -0.508 e. The predicted molar refractivity (Wildman–Crippen MR) is 167 cm³/mol. The average Bonchev–Trinajstić information content (AvgIpc) is 2.93. The molecular formula is C32H26N4O3S2. The Morgan fingerprint density at radius 2 is 0.927 bits per heavy atom. The number of anilines is 4. The van der Waals surface area contributed by atoms with E-state index in [4.69, 9.17) is 11.5 Å². The van der Waals surface area contributed by atoms with Crippen molar-refractivity contribution in [2.24, 2.45) is 0 Å². The van der Waals surface area contributed by atoms with Crippen LogP contribution in [0.25, 0.3) is 0 Å². The number of phenols is 1. The van der Waals surface area contributed by atoms with Crippen molar-refractivity contribution in [2.75, 3.05) is 22.1 Å². The molecule has 0 aliphatic rings. The van der Waals surface area contributed by atoms with Gasteiger partial charge >= 0.3 is 0 Å². The Balaban J connectivity index is 1.27. The number of carbonyl (C=O) groups excluding carboxylic acids is 2. The van der Waals surface area contributed by atoms with Gasteiger partial charge < -0.3 is 27.2 Å². The van der Waals surface area contributed by atoms with E-state index >= 15 is 0 Å². The van der Waals surface area contributed by atoms with Gasteiger partial charge in [0.15, 0.2) is 0 Å². The van der Waals surface area contributed by atoms with Crippen molar-refractivity contribution in [3.05, 3.63) is 126 Å². The van der Waals surface area contributed by atoms with Gasteiger partial charge in [0.1, 0.15) is 5.75 Å². The minimum absolute atomic E-state index is 0.148. The summed E-state index contributed by atoms with van der Waals surface area (Å²) in [6.07, 6.45) is 0. The van der Waals surface area contributed by atoms with Crippen LogP contribution in [0.5, 0.6) is 5.75 Å². The SMILES string of the molecule is Nc1cccc(Sc2cccc(NC(=O)c3cc(O)cc(C(=O)Nc4cccc(Sc5cccc(N)c5)c4)c3)c2)c1. The number of nitrogen functional groups attached to an aromatic ring is 2. The van der Waals surface area contributed by atoms with Crippen LogP contribution in [0.15, 0.2) is 135 Å². The molecule has 0 atom stereocenters. The van der Waals surface area contributed by atoms with E-state index in [1.54, 1.807) is 12.1 Å². The lowest BCUT2D eigenvalue weighted by Gasteiger charge is -2.11. The first-order chi connectivity index (χ1) is 19.8. The molecule has 9 heteroatoms. The molecule has 0 aromatic heterocycles. The molecule has 204 valence electrons. The summed E-state index contributed by atoms with van der Waals surface area (Å²) in [4.78, 5) is 29.9. The number of amides is 2. The Morgan fingerprint density at radius 1 is 0.537 bits per heavy atom. The van der Waals surface area contributed by atoms with Crippen molar-refractivity contribution in [3.8, 4) is 5.75 Å². The van der Waals surface area contributed by atoms with Gasteiger partial charge in [0.05, 0.1) is 0 Å². The number of benzene rings is 5. The smallest absolute Gasteiger partial charge is 0.255 e. The van der Waals surface area contributed by atoms with Crippen molar-refractivity contribution >= 4 is 58.1 Å². The molecule has 0 unspecified atom stereocenters. The molecule has 0 radical (unpaired) electrons. The van der Waals surface area contributed by atoms with Crippen LogP contribution in [0.3, 0.4) is 0 Å². The highest BCUT2D eigenvalue weighted by Gasteiger charge is 2.14. The third-order valence-electron chi connectivity index (χ3n) is 5.81. The number of hydrogen-bond donors (Lipinski definition) is 5. The van der Waals surface area contributed by atoms with Crippen molar-refractivity contribution in [3.63, 3.8) is 0 Å². The second-order valence-electron chi connectivity index (χ2n) is 9.08. The van der Waals surface area contributed by atoms with Crippen LogP contribution >= 0.6 is 23.5 Å². The second kappa shape index (κ2) is 12.5. The maximum atomic E-state index is 13.1. The van der Waals surface area contributed by atoms with E-state index in [9.17, 15) is 14.7 Å². The van der Waals surface area contributed by atoms with E-state index < -0.39 is 11.8 Å². The number of aromatic hydroxyl groups is 1. The third-order valence-corrected chi connectivity index (χ3v) is 7.77. The first-order valence-corrected chi connectivity index (χ1v) is 14.2. The van der Waals surface area contributed by atoms with Gasteiger partial charge in [0, 0.05) is 53.5 Å². The van der Waals surface area contributed by atoms with Gasteiger partial charge in [-0.2, -0.15) is 0 Å². The Bertz CT molecular complexity index is 1620. The van der Waals surface area contributed by atoms with E-state index in [-0.39, 0.29) is 16.9 Å². The topological polar surface area (TPSA) is 130 Å². The van der Waals surface area contributed by atoms with Gasteiger partial charge in [-0.25, -0.2) is 0 Å². The molecule has 0 fully saturated rings. The van der Waals surface area contributed by atoms with Crippen molar-refractivity contribution in [1.29, 1.82) is 0 Å². The zero-order valence-corrected chi connectivity index (χ0v) is 23.3. The zero-order chi connectivity index (χ0) is 28.8. The zero-order valence-electron chi connectivity index (χ0n) is 21.7. The molecule has 0 aliphatic heterocycles. The molecule has 7 N–H and O–H groups in total. The number of phenolic OH excluding ortho intramolecular Hbond substituents is 1. The van der Waals surface area contributed by atoms with Gasteiger partial charge in [0.25, 0.3) is 11.8 Å². The molecule has 5 aromatic carbocycles. The molecule has 0 spiro atoms. The maximum Gasteiger partial charge on any atom is 0.255 e. The van der Waals surface area contributed by atoms with Gasteiger partial charge in [-0.1, -0.05) is 47.8 Å². The Hall–Kier alpha value is -4.86. The number of carbonyl (C=O) groups is 2. The summed E-state index contributed by atoms with van der Waals surface area (Å²) in [6.45, 7) is 0. The Labute approximate surface area is 246 Å². The summed E-state index contributed by atoms with van der Waals surface area (Å²) in [5.74, 6) is -1.11. The van der Waals surface area contributed by atoms with E-state index in [1.807, 2.05) is 84.9 Å². The van der Waals surface area contributed by atoms with E-state index in [0.29, 0.717) is 22.7 Å². The van der Waals surface area contributed by atoms with Crippen LogP contribution in [0.4, 0.5) is 22.7 Å². The Kier molecular flexibility index (Phi) is 8.47. The average molecular weight is 579 g/mol. The first-order valence-electron chi connectivity index (χ1n) is 12.5. The fraction of sp³-hybridized carbons (Fsp3) is 0. The highest BCUT2D eigenvalue weighted by molar-refractivity contribution is 7.99. The molecule has 7 nitrogen and oxygen atoms in total. The summed E-state index contributed by atoms with van der Waals surface area (Å²) in [7, 11) is 0. The third kappa shape index (κ3) is 7.63. The van der Waals surface area contributed by atoms with Crippen LogP contribution < -0.4 is 22.1 Å². The molecule has 5 rings (SSSR count). The summed E-state index contributed by atoms with van der Waals surface area (Å²) in [5, 5.41) is 16.0. The minimum atomic E-state index is -0.457. The molecular weight excluding hydrogens is 553 g/mol. The van der Waals surface area contributed by atoms with Gasteiger partial charge in [-0.15, -0.1) is 0 Å². The quantitative estimate of drug-likeness (QED) is 0.122. The maximum absolute atomic E-state index is 13.1. The largest absolute Gasteiger partial charge is 0.508 e. The van der Waals surface area contributed by atoms with E-state index in [2.05, 4.69) is 10.6 Å². The highest BCUT2D eigenvalue weighted by atomic mass is 32.2. The normalized spacial score (nSPS) is 10.6. The number of rotatable bonds is 8. The lowest BCUT2D eigenvalue weighted by atomic mass is 10.1. The van der Waals surface area contributed by atoms with Gasteiger partial charge in [0.2, 0.25) is 0 Å². The molecule has 0 saturated carbocycles. The predicted octanol–water partition coefficient (Wildman–Crippen LogP) is 7.36. The molecule has 0 bridgehead atoms. The summed E-state index contributed by atoms with van der Waals surface area (Å²) >= 11 is 3.04. The van der Waals surface area contributed by atoms with Crippen LogP contribution in [0.1, 0.15) is 20.7 Å². The van der Waals surface area contributed by atoms with Gasteiger partial charge in [-0.05, 0) is 91.0 Å². The molecule has 0 saturated heterocycles. The van der Waals surface area contributed by atoms with Crippen LogP contribution in [0, 0.1) is 0 Å². The summed E-state index contributed by atoms with van der Waals surface area (Å²) < 4.78 is 0. The van der Waals surface area contributed by atoms with Crippen molar-refractivity contribution in [1.82, 2.24) is 0 Å². The lowest BCUT2D eigenvalue weighted by molar-refractivity contribution is 0.102. The Morgan fingerprint density at radius 3 is 1.34 bits per heavy atom. The van der Waals surface area contributed by atoms with Crippen molar-refractivity contribution < 1.29 is 14.7 Å². The second-order valence-corrected chi connectivity index (χ2v) is 11.4. The molecule has 5 aromatic rings. The number of nitrogens with one attached hydrogen (secondary N) is 2. The molecule has 0 heterocycles. The highest BCUT2D eigenvalue weighted by Crippen LogP contribution is 2.32. The number of hydrogen-bond acceptors (Lipinski definition) is 7. The fourth-order valence-electron chi connectivity index (χ4n) is 3.98. The van der Waals surface area contributed by atoms with Gasteiger partial charge in [-0.3, -0.25) is 9.59 Å². The van der Waals surface area contributed by atoms with Crippen LogP contribution in [0.2, 0.25) is 0 Å². The van der Waals surface area contributed by atoms with Crippen LogP contribution in [-0.4, -0.2) is 16.9 Å². The van der Waals surface area contributed by atoms with E-state index in [1.165, 1.54) is 41.7 Å². The summed E-state index contributed by atoms with van der Waals surface area (Å²) in [6, 6.07) is 33.9. The number of nitrogens with two attached hydrogens (primary N) is 2. The molecule has 2 amide bonds. The summed E-state index contributed by atoms with van der Waals surface area (Å²) in [5.41, 5.74) is 14.6. The standard InChI is InChI=1S/C32H26N4O3S2/c33-22-5-1-9-27(16-22)40-29-11-3-7-24(18-29)35-31(38)20-13-21(15-26(37)14-20)32(39)36-25-8-4-12-30(19-25)41-28-10-2-6-23(34)17-28/h1-19,37H,33-34H2,(H,35,38)(H,36,39). The molecule has 41 heavy (non-hydrogen) atoms. The molecule has 0 aliphatic carbocycles. The van der Waals surface area contributed by atoms with Crippen molar-refractivity contribution in [2.45, 2.75) is 19.6 Å². The lowest BCUT2D eigenvalue weighted by Crippen LogP contribution is -2.15.